The van der Waals surface area contributed by atoms with E-state index in [-0.39, 0.29) is 11.6 Å². The monoisotopic (exact) mass is 395 g/mol. The van der Waals surface area contributed by atoms with Gasteiger partial charge < -0.3 is 20.1 Å². The molecule has 28 heavy (non-hydrogen) atoms. The standard InChI is InChI=1S/C21H34FN3O3/c1-20(2,3)28-19(27)25-8-6-7-15(14-25)10-21(4,5)24-13-18(26)16-9-17(22)12-23-11-16/h9,11-12,15,18,24,26H,6-8,10,13-14H2,1-5H3/t15-,18-/m0/s1. The number of carbonyl (C=O) groups excluding carboxylic acids is 1. The first-order chi connectivity index (χ1) is 13.0. The highest BCUT2D eigenvalue weighted by molar-refractivity contribution is 5.68. The zero-order chi connectivity index (χ0) is 20.9. The van der Waals surface area contributed by atoms with Crippen LogP contribution in [0.15, 0.2) is 18.5 Å². The van der Waals surface area contributed by atoms with Gasteiger partial charge in [0.2, 0.25) is 0 Å². The molecule has 2 heterocycles. The number of rotatable bonds is 6. The van der Waals surface area contributed by atoms with Gasteiger partial charge in [0.1, 0.15) is 11.4 Å². The summed E-state index contributed by atoms with van der Waals surface area (Å²) in [6, 6.07) is 1.30. The van der Waals surface area contributed by atoms with E-state index in [1.165, 1.54) is 12.3 Å². The van der Waals surface area contributed by atoms with Crippen molar-refractivity contribution in [3.8, 4) is 0 Å². The molecule has 1 amide bonds. The maximum Gasteiger partial charge on any atom is 0.410 e. The minimum atomic E-state index is -0.827. The van der Waals surface area contributed by atoms with Gasteiger partial charge in [-0.2, -0.15) is 0 Å². The van der Waals surface area contributed by atoms with E-state index in [2.05, 4.69) is 24.1 Å². The molecule has 1 aromatic heterocycles. The summed E-state index contributed by atoms with van der Waals surface area (Å²) in [6.45, 7) is 11.5. The number of hydrogen-bond acceptors (Lipinski definition) is 5. The fraction of sp³-hybridized carbons (Fsp3) is 0.714. The van der Waals surface area contributed by atoms with Crippen LogP contribution in [0.25, 0.3) is 0 Å². The zero-order valence-electron chi connectivity index (χ0n) is 17.7. The van der Waals surface area contributed by atoms with Crippen molar-refractivity contribution in [2.45, 2.75) is 71.1 Å². The summed E-state index contributed by atoms with van der Waals surface area (Å²) < 4.78 is 18.8. The predicted molar refractivity (Wildman–Crippen MR) is 106 cm³/mol. The number of nitrogens with zero attached hydrogens (tertiary/aromatic N) is 2. The van der Waals surface area contributed by atoms with E-state index in [0.29, 0.717) is 24.6 Å². The Bertz CT molecular complexity index is 661. The number of aliphatic hydroxyl groups excluding tert-OH is 1. The van der Waals surface area contributed by atoms with Gasteiger partial charge in [-0.15, -0.1) is 0 Å². The van der Waals surface area contributed by atoms with Crippen molar-refractivity contribution in [1.82, 2.24) is 15.2 Å². The lowest BCUT2D eigenvalue weighted by molar-refractivity contribution is 0.0146. The third-order valence-electron chi connectivity index (χ3n) is 4.85. The number of pyridine rings is 1. The van der Waals surface area contributed by atoms with E-state index < -0.39 is 17.5 Å². The average molecular weight is 396 g/mol. The number of nitrogens with one attached hydrogen (secondary N) is 1. The summed E-state index contributed by atoms with van der Waals surface area (Å²) in [4.78, 5) is 17.9. The topological polar surface area (TPSA) is 74.7 Å². The molecule has 0 aromatic carbocycles. The largest absolute Gasteiger partial charge is 0.444 e. The van der Waals surface area contributed by atoms with Crippen LogP contribution in [-0.2, 0) is 4.74 Å². The quantitative estimate of drug-likeness (QED) is 0.769. The number of ether oxygens (including phenoxy) is 1. The molecule has 0 aliphatic carbocycles. The van der Waals surface area contributed by atoms with Crippen LogP contribution in [0.4, 0.5) is 9.18 Å². The number of piperidine rings is 1. The molecule has 1 fully saturated rings. The molecular formula is C21H34FN3O3. The molecule has 0 unspecified atom stereocenters. The van der Waals surface area contributed by atoms with Crippen LogP contribution in [0.3, 0.4) is 0 Å². The number of likely N-dealkylation sites (tertiary alicyclic amines) is 1. The molecule has 6 nitrogen and oxygen atoms in total. The Balaban J connectivity index is 1.86. The van der Waals surface area contributed by atoms with Crippen molar-refractivity contribution >= 4 is 6.09 Å². The van der Waals surface area contributed by atoms with Gasteiger partial charge in [-0.25, -0.2) is 9.18 Å². The number of aliphatic hydroxyl groups is 1. The number of hydrogen-bond donors (Lipinski definition) is 2. The Morgan fingerprint density at radius 3 is 2.75 bits per heavy atom. The highest BCUT2D eigenvalue weighted by atomic mass is 19.1. The Labute approximate surface area is 167 Å². The highest BCUT2D eigenvalue weighted by Gasteiger charge is 2.31. The number of aromatic nitrogens is 1. The van der Waals surface area contributed by atoms with Crippen molar-refractivity contribution < 1.29 is 19.0 Å². The van der Waals surface area contributed by atoms with Crippen LogP contribution >= 0.6 is 0 Å². The molecule has 2 N–H and O–H groups in total. The normalized spacial score (nSPS) is 19.4. The first kappa shape index (κ1) is 22.6. The summed E-state index contributed by atoms with van der Waals surface area (Å²) in [7, 11) is 0. The van der Waals surface area contributed by atoms with Gasteiger partial charge >= 0.3 is 6.09 Å². The fourth-order valence-electron chi connectivity index (χ4n) is 3.62. The molecule has 0 saturated carbocycles. The first-order valence-electron chi connectivity index (χ1n) is 9.97. The first-order valence-corrected chi connectivity index (χ1v) is 9.97. The van der Waals surface area contributed by atoms with Crippen molar-refractivity contribution in [1.29, 1.82) is 0 Å². The highest BCUT2D eigenvalue weighted by Crippen LogP contribution is 2.27. The Hall–Kier alpha value is -1.73. The third kappa shape index (κ3) is 7.36. The molecule has 1 aliphatic rings. The second-order valence-electron chi connectivity index (χ2n) is 9.36. The molecule has 1 saturated heterocycles. The number of halogens is 1. The van der Waals surface area contributed by atoms with E-state index in [9.17, 15) is 14.3 Å². The third-order valence-corrected chi connectivity index (χ3v) is 4.85. The molecule has 0 radical (unpaired) electrons. The summed E-state index contributed by atoms with van der Waals surface area (Å²) >= 11 is 0. The molecule has 7 heteroatoms. The van der Waals surface area contributed by atoms with Crippen LogP contribution < -0.4 is 5.32 Å². The summed E-state index contributed by atoms with van der Waals surface area (Å²) in [6.07, 6.45) is 4.39. The second-order valence-corrected chi connectivity index (χ2v) is 9.36. The van der Waals surface area contributed by atoms with E-state index in [1.807, 2.05) is 20.8 Å². The van der Waals surface area contributed by atoms with Gasteiger partial charge in [0.15, 0.2) is 0 Å². The summed E-state index contributed by atoms with van der Waals surface area (Å²) in [5.41, 5.74) is -0.270. The van der Waals surface area contributed by atoms with E-state index in [1.54, 1.807) is 4.90 Å². The summed E-state index contributed by atoms with van der Waals surface area (Å²) in [5, 5.41) is 13.7. The van der Waals surface area contributed by atoms with E-state index in [4.69, 9.17) is 4.74 Å². The maximum absolute atomic E-state index is 13.3. The Morgan fingerprint density at radius 1 is 1.39 bits per heavy atom. The second kappa shape index (κ2) is 9.18. The Morgan fingerprint density at radius 2 is 2.11 bits per heavy atom. The van der Waals surface area contributed by atoms with Gasteiger partial charge in [-0.05, 0) is 65.9 Å². The van der Waals surface area contributed by atoms with Crippen molar-refractivity contribution in [3.05, 3.63) is 29.8 Å². The average Bonchev–Trinajstić information content (AvgIpc) is 2.58. The maximum atomic E-state index is 13.3. The van der Waals surface area contributed by atoms with E-state index in [0.717, 1.165) is 32.0 Å². The minimum Gasteiger partial charge on any atom is -0.444 e. The van der Waals surface area contributed by atoms with Gasteiger partial charge in [0.05, 0.1) is 12.3 Å². The minimum absolute atomic E-state index is 0.233. The molecule has 1 aliphatic heterocycles. The zero-order valence-corrected chi connectivity index (χ0v) is 17.7. The number of amides is 1. The predicted octanol–water partition coefficient (Wildman–Crippen LogP) is 3.66. The smallest absolute Gasteiger partial charge is 0.410 e. The molecule has 158 valence electrons. The van der Waals surface area contributed by atoms with Crippen LogP contribution in [0.2, 0.25) is 0 Å². The SMILES string of the molecule is CC(C)(C[C@@H]1CCCN(C(=O)OC(C)(C)C)C1)NC[C@H](O)c1cncc(F)c1. The molecule has 2 atom stereocenters. The lowest BCUT2D eigenvalue weighted by atomic mass is 9.85. The lowest BCUT2D eigenvalue weighted by Gasteiger charge is -2.38. The number of β-amino-alcohol motifs (C(OH)–C–C–N with tert-alkyl or cyclic N) is 1. The van der Waals surface area contributed by atoms with Gasteiger partial charge in [0, 0.05) is 36.9 Å². The van der Waals surface area contributed by atoms with Crippen molar-refractivity contribution in [2.24, 2.45) is 5.92 Å². The van der Waals surface area contributed by atoms with Crippen LogP contribution in [0.5, 0.6) is 0 Å². The van der Waals surface area contributed by atoms with Gasteiger partial charge in [-0.1, -0.05) is 0 Å². The van der Waals surface area contributed by atoms with Crippen molar-refractivity contribution in [3.63, 3.8) is 0 Å². The molecule has 0 bridgehead atoms. The van der Waals surface area contributed by atoms with Crippen LogP contribution in [0.1, 0.15) is 65.5 Å². The summed E-state index contributed by atoms with van der Waals surface area (Å²) in [5.74, 6) is -0.100. The molecule has 1 aromatic rings. The van der Waals surface area contributed by atoms with Crippen LogP contribution in [0, 0.1) is 11.7 Å². The van der Waals surface area contributed by atoms with Gasteiger partial charge in [0.25, 0.3) is 0 Å². The van der Waals surface area contributed by atoms with Crippen LogP contribution in [-0.4, -0.2) is 51.9 Å². The number of carbonyl (C=O) groups is 1. The molecule has 0 spiro atoms. The lowest BCUT2D eigenvalue weighted by Crippen LogP contribution is -2.47. The molecular weight excluding hydrogens is 361 g/mol. The molecule has 2 rings (SSSR count). The Kier molecular flexibility index (Phi) is 7.39. The fourth-order valence-corrected chi connectivity index (χ4v) is 3.62. The van der Waals surface area contributed by atoms with Crippen molar-refractivity contribution in [2.75, 3.05) is 19.6 Å². The van der Waals surface area contributed by atoms with Gasteiger partial charge in [-0.3, -0.25) is 4.98 Å². The van der Waals surface area contributed by atoms with E-state index >= 15 is 0 Å².